The zero-order chi connectivity index (χ0) is 17.6. The van der Waals surface area contributed by atoms with Crippen LogP contribution in [0.25, 0.3) is 0 Å². The van der Waals surface area contributed by atoms with Gasteiger partial charge in [0.1, 0.15) is 0 Å². The normalized spacial score (nSPS) is 16.1. The van der Waals surface area contributed by atoms with Crippen LogP contribution in [0.3, 0.4) is 0 Å². The number of nitrogens with one attached hydrogen (secondary N) is 1. The van der Waals surface area contributed by atoms with E-state index in [-0.39, 0.29) is 6.10 Å². The molecule has 2 aromatic rings. The van der Waals surface area contributed by atoms with Crippen LogP contribution in [0, 0.1) is 4.91 Å². The van der Waals surface area contributed by atoms with E-state index in [1.54, 1.807) is 6.07 Å². The van der Waals surface area contributed by atoms with Crippen molar-refractivity contribution >= 4 is 23.2 Å². The summed E-state index contributed by atoms with van der Waals surface area (Å²) in [6.45, 7) is 0.108. The first-order valence-corrected chi connectivity index (χ1v) is 8.62. The number of hydrogen-bond acceptors (Lipinski definition) is 4. The highest BCUT2D eigenvalue weighted by Gasteiger charge is 2.24. The Balaban J connectivity index is 1.79. The molecule has 1 unspecified atom stereocenters. The molecule has 1 N–H and O–H groups in total. The fraction of sp³-hybridized carbons (Fsp3) is 0.316. The molecular formula is C19H19ClN2O3. The van der Waals surface area contributed by atoms with E-state index in [1.165, 1.54) is 0 Å². The zero-order valence-corrected chi connectivity index (χ0v) is 14.5. The van der Waals surface area contributed by atoms with Crippen molar-refractivity contribution in [2.75, 3.05) is 11.9 Å². The molecule has 0 radical (unpaired) electrons. The van der Waals surface area contributed by atoms with Crippen molar-refractivity contribution in [3.8, 4) is 0 Å². The van der Waals surface area contributed by atoms with Crippen molar-refractivity contribution in [1.29, 1.82) is 0 Å². The molecule has 25 heavy (non-hydrogen) atoms. The van der Waals surface area contributed by atoms with Crippen molar-refractivity contribution < 1.29 is 9.53 Å². The number of halogens is 1. The van der Waals surface area contributed by atoms with E-state index in [1.807, 2.05) is 36.4 Å². The molecule has 2 aromatic carbocycles. The molecule has 0 fully saturated rings. The molecule has 1 amide bonds. The lowest BCUT2D eigenvalue weighted by molar-refractivity contribution is -0.114. The van der Waals surface area contributed by atoms with Gasteiger partial charge in [0.2, 0.25) is 5.91 Å². The van der Waals surface area contributed by atoms with Gasteiger partial charge in [-0.15, -0.1) is 0 Å². The van der Waals surface area contributed by atoms with Crippen molar-refractivity contribution in [3.05, 3.63) is 69.1 Å². The number of carbonyl (C=O) groups excluding carboxylic acids is 1. The van der Waals surface area contributed by atoms with Gasteiger partial charge < -0.3 is 10.1 Å². The third-order valence-corrected chi connectivity index (χ3v) is 4.59. The van der Waals surface area contributed by atoms with Crippen LogP contribution in [-0.4, -0.2) is 12.5 Å². The average molecular weight is 359 g/mol. The van der Waals surface area contributed by atoms with Gasteiger partial charge in [0, 0.05) is 10.7 Å². The van der Waals surface area contributed by atoms with Crippen molar-refractivity contribution in [2.24, 2.45) is 5.18 Å². The minimum atomic E-state index is -0.455. The highest BCUT2D eigenvalue weighted by molar-refractivity contribution is 6.31. The number of nitrogens with zero attached hydrogens (tertiary/aromatic N) is 1. The minimum Gasteiger partial charge on any atom is -0.369 e. The molecule has 0 aliphatic heterocycles. The van der Waals surface area contributed by atoms with Gasteiger partial charge in [-0.2, -0.15) is 4.91 Å². The molecule has 130 valence electrons. The topological polar surface area (TPSA) is 67.8 Å². The lowest BCUT2D eigenvalue weighted by Crippen LogP contribution is -2.17. The second-order valence-corrected chi connectivity index (χ2v) is 6.45. The van der Waals surface area contributed by atoms with Crippen LogP contribution in [0.2, 0.25) is 5.02 Å². The summed E-state index contributed by atoms with van der Waals surface area (Å²) in [7, 11) is 0. The summed E-state index contributed by atoms with van der Waals surface area (Å²) in [5, 5.41) is 5.87. The van der Waals surface area contributed by atoms with Crippen LogP contribution in [0.4, 0.5) is 5.69 Å². The Morgan fingerprint density at radius 2 is 2.08 bits per heavy atom. The van der Waals surface area contributed by atoms with E-state index in [0.29, 0.717) is 17.3 Å². The number of amides is 1. The number of carbonyl (C=O) groups is 1. The Morgan fingerprint density at radius 3 is 2.84 bits per heavy atom. The number of rotatable bonds is 6. The number of ether oxygens (including phenoxy) is 1. The summed E-state index contributed by atoms with van der Waals surface area (Å²) in [5.41, 5.74) is 3.75. The van der Waals surface area contributed by atoms with Crippen LogP contribution >= 0.6 is 11.6 Å². The standard InChI is InChI=1S/C19H19ClN2O3/c20-17-10-14(22-19(23)11-21-24)9-16-15(17)7-4-8-18(16)25-12-13-5-2-1-3-6-13/h1-3,5-6,9-10,18H,4,7-8,11-12H2,(H,22,23). The molecule has 1 atom stereocenters. The van der Waals surface area contributed by atoms with Gasteiger partial charge >= 0.3 is 0 Å². The molecule has 5 nitrogen and oxygen atoms in total. The number of fused-ring (bicyclic) bond motifs is 1. The lowest BCUT2D eigenvalue weighted by atomic mass is 9.88. The van der Waals surface area contributed by atoms with E-state index in [2.05, 4.69) is 10.5 Å². The Bertz CT molecular complexity index is 765. The first-order chi connectivity index (χ1) is 12.2. The minimum absolute atomic E-state index is 0.0671. The Kier molecular flexibility index (Phi) is 5.79. The van der Waals surface area contributed by atoms with E-state index < -0.39 is 12.5 Å². The first kappa shape index (κ1) is 17.6. The molecule has 0 heterocycles. The third-order valence-electron chi connectivity index (χ3n) is 4.26. The van der Waals surface area contributed by atoms with Crippen LogP contribution in [-0.2, 0) is 22.6 Å². The van der Waals surface area contributed by atoms with Crippen molar-refractivity contribution in [1.82, 2.24) is 0 Å². The molecule has 0 spiro atoms. The summed E-state index contributed by atoms with van der Waals surface area (Å²) in [5.74, 6) is -0.455. The predicted molar refractivity (Wildman–Crippen MR) is 97.7 cm³/mol. The maximum absolute atomic E-state index is 11.6. The van der Waals surface area contributed by atoms with E-state index in [0.717, 1.165) is 36.0 Å². The number of benzene rings is 2. The second kappa shape index (κ2) is 8.23. The van der Waals surface area contributed by atoms with Gasteiger partial charge in [-0.25, -0.2) is 0 Å². The van der Waals surface area contributed by atoms with E-state index >= 15 is 0 Å². The Labute approximate surface area is 151 Å². The van der Waals surface area contributed by atoms with Crippen LogP contribution in [0.15, 0.2) is 47.6 Å². The van der Waals surface area contributed by atoms with Crippen molar-refractivity contribution in [2.45, 2.75) is 32.0 Å². The fourth-order valence-corrected chi connectivity index (χ4v) is 3.43. The summed E-state index contributed by atoms with van der Waals surface area (Å²) in [6, 6.07) is 13.6. The summed E-state index contributed by atoms with van der Waals surface area (Å²) in [6.07, 6.45) is 2.74. The number of anilines is 1. The second-order valence-electron chi connectivity index (χ2n) is 6.04. The van der Waals surface area contributed by atoms with Crippen LogP contribution in [0.5, 0.6) is 0 Å². The number of nitroso groups, excluding NO2 is 1. The third kappa shape index (κ3) is 4.44. The van der Waals surface area contributed by atoms with Crippen LogP contribution in [0.1, 0.15) is 35.6 Å². The van der Waals surface area contributed by atoms with Gasteiger partial charge in [0.05, 0.1) is 12.7 Å². The highest BCUT2D eigenvalue weighted by Crippen LogP contribution is 2.38. The smallest absolute Gasteiger partial charge is 0.249 e. The molecule has 6 heteroatoms. The van der Waals surface area contributed by atoms with Gasteiger partial charge in [0.15, 0.2) is 6.54 Å². The summed E-state index contributed by atoms with van der Waals surface area (Å²) < 4.78 is 6.12. The quantitative estimate of drug-likeness (QED) is 0.765. The molecule has 0 saturated carbocycles. The van der Waals surface area contributed by atoms with Gasteiger partial charge in [-0.1, -0.05) is 47.1 Å². The summed E-state index contributed by atoms with van der Waals surface area (Å²) in [4.78, 5) is 21.8. The summed E-state index contributed by atoms with van der Waals surface area (Å²) >= 11 is 6.40. The fourth-order valence-electron chi connectivity index (χ4n) is 3.10. The molecule has 0 bridgehead atoms. The average Bonchev–Trinajstić information content (AvgIpc) is 2.61. The lowest BCUT2D eigenvalue weighted by Gasteiger charge is -2.27. The molecule has 3 rings (SSSR count). The Morgan fingerprint density at radius 1 is 1.28 bits per heavy atom. The van der Waals surface area contributed by atoms with E-state index in [4.69, 9.17) is 16.3 Å². The highest BCUT2D eigenvalue weighted by atomic mass is 35.5. The maximum Gasteiger partial charge on any atom is 0.249 e. The van der Waals surface area contributed by atoms with Crippen molar-refractivity contribution in [3.63, 3.8) is 0 Å². The van der Waals surface area contributed by atoms with E-state index in [9.17, 15) is 9.70 Å². The molecule has 1 aliphatic carbocycles. The molecule has 0 aromatic heterocycles. The van der Waals surface area contributed by atoms with Gasteiger partial charge in [-0.3, -0.25) is 4.79 Å². The monoisotopic (exact) mass is 358 g/mol. The van der Waals surface area contributed by atoms with Gasteiger partial charge in [0.25, 0.3) is 0 Å². The number of hydrogen-bond donors (Lipinski definition) is 1. The largest absolute Gasteiger partial charge is 0.369 e. The van der Waals surface area contributed by atoms with Crippen LogP contribution < -0.4 is 5.32 Å². The predicted octanol–water partition coefficient (Wildman–Crippen LogP) is 4.64. The molecule has 1 aliphatic rings. The maximum atomic E-state index is 11.6. The molecular weight excluding hydrogens is 340 g/mol. The molecule has 0 saturated heterocycles. The Hall–Kier alpha value is -2.24. The zero-order valence-electron chi connectivity index (χ0n) is 13.7. The van der Waals surface area contributed by atoms with Gasteiger partial charge in [-0.05, 0) is 48.1 Å². The first-order valence-electron chi connectivity index (χ1n) is 8.24. The SMILES string of the molecule is O=NCC(=O)Nc1cc(Cl)c2c(c1)C(OCc1ccccc1)CCC2.